The second-order valence-corrected chi connectivity index (χ2v) is 22.3. The van der Waals surface area contributed by atoms with E-state index >= 15 is 0 Å². The van der Waals surface area contributed by atoms with Crippen molar-refractivity contribution in [3.63, 3.8) is 0 Å². The molecule has 3 aliphatic rings. The Balaban J connectivity index is 1.44. The molecule has 20 atom stereocenters. The monoisotopic (exact) mass is 1050 g/mol. The van der Waals surface area contributed by atoms with E-state index in [2.05, 4.69) is 15.5 Å². The summed E-state index contributed by atoms with van der Waals surface area (Å²) >= 11 is 0. The molecule has 21 heteroatoms. The molecule has 0 spiro atoms. The normalized spacial score (nSPS) is 39.5. The lowest BCUT2D eigenvalue weighted by Crippen LogP contribution is -2.61. The molecule has 20 nitrogen and oxygen atoms in total. The van der Waals surface area contributed by atoms with Crippen LogP contribution in [0.1, 0.15) is 131 Å². The average Bonchev–Trinajstić information content (AvgIpc) is 3.84. The molecule has 422 valence electrons. The molecule has 3 fully saturated rings. The highest BCUT2D eigenvalue weighted by Gasteiger charge is 2.53. The van der Waals surface area contributed by atoms with E-state index in [1.807, 2.05) is 37.7 Å². The van der Waals surface area contributed by atoms with Gasteiger partial charge in [0.15, 0.2) is 12.6 Å². The number of aliphatic hydroxyl groups is 5. The highest BCUT2D eigenvalue weighted by atomic mass is 19.1. The zero-order valence-electron chi connectivity index (χ0n) is 46.4. The van der Waals surface area contributed by atoms with Gasteiger partial charge in [0.05, 0.1) is 52.9 Å². The summed E-state index contributed by atoms with van der Waals surface area (Å²) in [5, 5.41) is 80.9. The minimum Gasteiger partial charge on any atom is -0.459 e. The van der Waals surface area contributed by atoms with Gasteiger partial charge >= 0.3 is 5.97 Å². The molecule has 2 aromatic rings. The molecule has 74 heavy (non-hydrogen) atoms. The molecular weight excluding hydrogens is 964 g/mol. The van der Waals surface area contributed by atoms with Crippen molar-refractivity contribution in [2.24, 2.45) is 22.9 Å². The molecule has 0 bridgehead atoms. The van der Waals surface area contributed by atoms with Crippen LogP contribution in [0.25, 0.3) is 0 Å². The summed E-state index contributed by atoms with van der Waals surface area (Å²) in [6, 6.07) is 5.19. The molecule has 0 aliphatic carbocycles. The lowest BCUT2D eigenvalue weighted by Gasteiger charge is -2.49. The van der Waals surface area contributed by atoms with Crippen molar-refractivity contribution in [1.29, 1.82) is 0 Å². The predicted octanol–water partition coefficient (Wildman–Crippen LogP) is 4.20. The summed E-state index contributed by atoms with van der Waals surface area (Å²) in [5.41, 5.74) is -2.18. The van der Waals surface area contributed by atoms with Crippen LogP contribution >= 0.6 is 0 Å². The molecule has 0 saturated carbocycles. The van der Waals surface area contributed by atoms with Crippen LogP contribution in [0.5, 0.6) is 0 Å². The number of hydrogen-bond donors (Lipinski definition) is 6. The number of carbonyl (C=O) groups excluding carboxylic acids is 1. The number of esters is 1. The quantitative estimate of drug-likeness (QED) is 0.0596. The van der Waals surface area contributed by atoms with E-state index in [1.54, 1.807) is 85.9 Å². The topological polar surface area (TPSA) is 253 Å². The van der Waals surface area contributed by atoms with Crippen LogP contribution in [-0.2, 0) is 44.4 Å². The van der Waals surface area contributed by atoms with Crippen LogP contribution in [0.15, 0.2) is 35.6 Å². The van der Waals surface area contributed by atoms with Crippen molar-refractivity contribution in [1.82, 2.24) is 24.8 Å². The minimum absolute atomic E-state index is 0.0787. The molecule has 3 saturated heterocycles. The lowest BCUT2D eigenvalue weighted by atomic mass is 9.77. The van der Waals surface area contributed by atoms with E-state index < -0.39 is 127 Å². The number of cyclic esters (lactones) is 1. The summed E-state index contributed by atoms with van der Waals surface area (Å²) in [7, 11) is 6.69. The van der Waals surface area contributed by atoms with Crippen molar-refractivity contribution < 1.29 is 73.1 Å². The number of rotatable bonds is 16. The molecule has 4 heterocycles. The third-order valence-corrected chi connectivity index (χ3v) is 16.3. The third kappa shape index (κ3) is 14.1. The smallest absolute Gasteiger partial charge is 0.311 e. The number of oxime groups is 1. The number of nitrogens with zero attached hydrogens (tertiary/aromatic N) is 6. The SMILES string of the molecule is CC[C@H]1OC(=O)[C@H](C)[C@@H](O[C@H]2C[C@@](C)(OC)[C@@H](O)[C@H](C)O2)[C@H](C)[C@@H](O[C@@H]2O[C@H](C)C[C@H](N(C)CCc3cn([C@H](CF)[C@H](OC)c4ccc(/C(C)=N\O)cc4)nn3)[C@H]2O)[C@](C)(O)C[C@@H](C)CN(C)[C@H](C)[C@@H](O)[C@]1(C)O. The standard InChI is InChI=1S/C53H89FN6O14/c1-16-41-53(11,66)46(62)34(7)59(13)27-29(2)24-51(9,65)48(31(4)44(32(5)49(64)72-41)73-42-25-52(10,69-15)47(63)35(8)71-42)74-50-43(61)39(23-30(3)70-50)58(12)22-21-38-28-60(57-55-38)40(26-54)45(68-14)37-19-17-36(18-20-37)33(6)56-67/h17-20,28-32,34-35,39-48,50,61-63,65-67H,16,21-27H2,1-15H3/b56-33-/t29-,30-,31+,32-,34-,35+,39+,40-,41-,42+,43-,44+,45-,46-,47+,48-,50+,51-,52-,53-/m1/s1. The number of alkyl halides is 1. The Kier molecular flexibility index (Phi) is 21.6. The highest BCUT2D eigenvalue weighted by Crippen LogP contribution is 2.41. The molecule has 5 rings (SSSR count). The van der Waals surface area contributed by atoms with E-state index in [0.717, 1.165) is 0 Å². The summed E-state index contributed by atoms with van der Waals surface area (Å²) in [5.74, 6) is -2.90. The highest BCUT2D eigenvalue weighted by molar-refractivity contribution is 5.98. The molecule has 1 aromatic carbocycles. The van der Waals surface area contributed by atoms with Gasteiger partial charge in [0.25, 0.3) is 0 Å². The van der Waals surface area contributed by atoms with Gasteiger partial charge in [-0.3, -0.25) is 4.79 Å². The van der Waals surface area contributed by atoms with Gasteiger partial charge in [-0.25, -0.2) is 9.07 Å². The lowest BCUT2D eigenvalue weighted by molar-refractivity contribution is -0.318. The Morgan fingerprint density at radius 3 is 2.26 bits per heavy atom. The van der Waals surface area contributed by atoms with E-state index in [9.17, 15) is 39.9 Å². The van der Waals surface area contributed by atoms with Crippen molar-refractivity contribution in [3.05, 3.63) is 47.3 Å². The zero-order chi connectivity index (χ0) is 55.2. The van der Waals surface area contributed by atoms with Gasteiger partial charge in [0.2, 0.25) is 0 Å². The Morgan fingerprint density at radius 2 is 1.66 bits per heavy atom. The van der Waals surface area contributed by atoms with Crippen LogP contribution in [0.3, 0.4) is 0 Å². The van der Waals surface area contributed by atoms with Crippen molar-refractivity contribution in [3.8, 4) is 0 Å². The van der Waals surface area contributed by atoms with E-state index in [1.165, 1.54) is 25.8 Å². The zero-order valence-corrected chi connectivity index (χ0v) is 46.4. The van der Waals surface area contributed by atoms with Gasteiger partial charge in [-0.05, 0) is 106 Å². The van der Waals surface area contributed by atoms with E-state index in [0.29, 0.717) is 48.5 Å². The molecule has 0 unspecified atom stereocenters. The number of benzene rings is 1. The number of methoxy groups -OCH3 is 2. The van der Waals surface area contributed by atoms with Crippen LogP contribution in [0.2, 0.25) is 0 Å². The number of likely N-dealkylation sites (N-methyl/N-ethyl adjacent to an activating group) is 2. The van der Waals surface area contributed by atoms with Gasteiger partial charge in [-0.2, -0.15) is 0 Å². The molecule has 1 aromatic heterocycles. The number of aromatic nitrogens is 3. The maximum absolute atomic E-state index is 14.8. The van der Waals surface area contributed by atoms with Crippen LogP contribution in [-0.4, -0.2) is 206 Å². The second kappa shape index (κ2) is 25.9. The maximum Gasteiger partial charge on any atom is 0.311 e. The van der Waals surface area contributed by atoms with Gasteiger partial charge < -0.3 is 73.7 Å². The second-order valence-electron chi connectivity index (χ2n) is 22.3. The first-order valence-corrected chi connectivity index (χ1v) is 26.2. The maximum atomic E-state index is 14.8. The van der Waals surface area contributed by atoms with Crippen molar-refractivity contribution >= 4 is 11.7 Å². The molecule has 6 N–H and O–H groups in total. The van der Waals surface area contributed by atoms with E-state index in [4.69, 9.17) is 33.2 Å². The van der Waals surface area contributed by atoms with E-state index in [-0.39, 0.29) is 25.2 Å². The van der Waals surface area contributed by atoms with Gasteiger partial charge in [-0.1, -0.05) is 55.4 Å². The number of carbonyl (C=O) groups is 1. The minimum atomic E-state index is -1.86. The summed E-state index contributed by atoms with van der Waals surface area (Å²) < 4.78 is 60.3. The molecular formula is C53H89FN6O14. The number of ether oxygens (including phenoxy) is 7. The average molecular weight is 1050 g/mol. The first kappa shape index (κ1) is 61.6. The van der Waals surface area contributed by atoms with Crippen LogP contribution in [0.4, 0.5) is 4.39 Å². The fourth-order valence-electron chi connectivity index (χ4n) is 11.5. The Bertz CT molecular complexity index is 2100. The molecule has 0 amide bonds. The fourth-order valence-corrected chi connectivity index (χ4v) is 11.5. The van der Waals surface area contributed by atoms with Crippen molar-refractivity contribution in [2.45, 2.75) is 211 Å². The van der Waals surface area contributed by atoms with Gasteiger partial charge in [0.1, 0.15) is 48.8 Å². The number of aliphatic hydroxyl groups excluding tert-OH is 3. The van der Waals surface area contributed by atoms with Gasteiger partial charge in [-0.15, -0.1) is 5.10 Å². The number of halogens is 1. The summed E-state index contributed by atoms with van der Waals surface area (Å²) in [6.45, 7) is 19.1. The third-order valence-electron chi connectivity index (χ3n) is 16.3. The van der Waals surface area contributed by atoms with Crippen LogP contribution < -0.4 is 0 Å². The Hall–Kier alpha value is -3.29. The Morgan fingerprint density at radius 1 is 1.00 bits per heavy atom. The first-order valence-electron chi connectivity index (χ1n) is 26.2. The summed E-state index contributed by atoms with van der Waals surface area (Å²) in [4.78, 5) is 18.4. The van der Waals surface area contributed by atoms with Gasteiger partial charge in [0, 0.05) is 64.3 Å². The fraction of sp³-hybridized carbons (Fsp3) is 0.811. The number of hydrogen-bond acceptors (Lipinski definition) is 19. The summed E-state index contributed by atoms with van der Waals surface area (Å²) in [6.07, 6.45) is -8.18. The van der Waals surface area contributed by atoms with Crippen molar-refractivity contribution in [2.75, 3.05) is 48.1 Å². The largest absolute Gasteiger partial charge is 0.459 e. The first-order chi connectivity index (χ1) is 34.7. The Labute approximate surface area is 437 Å². The van der Waals surface area contributed by atoms with Crippen LogP contribution in [0, 0.1) is 17.8 Å². The predicted molar refractivity (Wildman–Crippen MR) is 272 cm³/mol. The molecule has 3 aliphatic heterocycles. The molecule has 0 radical (unpaired) electrons.